The van der Waals surface area contributed by atoms with Crippen LogP contribution in [0.1, 0.15) is 24.4 Å². The highest BCUT2D eigenvalue weighted by molar-refractivity contribution is 6.31. The molecule has 2 N–H and O–H groups in total. The largest absolute Gasteiger partial charge is 0.396 e. The molecule has 0 amide bonds. The van der Waals surface area contributed by atoms with Crippen molar-refractivity contribution in [2.75, 3.05) is 32.8 Å². The molecule has 0 saturated carbocycles. The Morgan fingerprint density at radius 2 is 2.05 bits per heavy atom. The van der Waals surface area contributed by atoms with E-state index in [4.69, 9.17) is 16.7 Å². The van der Waals surface area contributed by atoms with Gasteiger partial charge in [0.25, 0.3) is 0 Å². The Hall–Kier alpha value is -0.390. The Bertz CT molecular complexity index is 414. The van der Waals surface area contributed by atoms with Crippen LogP contribution >= 0.6 is 24.0 Å². The first kappa shape index (κ1) is 17.7. The molecule has 2 rings (SSSR count). The van der Waals surface area contributed by atoms with E-state index >= 15 is 0 Å². The van der Waals surface area contributed by atoms with Gasteiger partial charge in [0.15, 0.2) is 0 Å². The molecule has 1 fully saturated rings. The SMILES string of the molecule is Cl.OCCC[C@@H](c1cccc(F)c1Cl)N1CCNCC1. The summed E-state index contributed by atoms with van der Waals surface area (Å²) in [5.41, 5.74) is 0.831. The lowest BCUT2D eigenvalue weighted by atomic mass is 9.99. The van der Waals surface area contributed by atoms with E-state index in [1.807, 2.05) is 6.07 Å². The van der Waals surface area contributed by atoms with Gasteiger partial charge in [-0.15, -0.1) is 12.4 Å². The first-order chi connectivity index (χ1) is 9.24. The van der Waals surface area contributed by atoms with Gasteiger partial charge in [-0.05, 0) is 24.5 Å². The van der Waals surface area contributed by atoms with E-state index in [-0.39, 0.29) is 35.9 Å². The summed E-state index contributed by atoms with van der Waals surface area (Å²) in [5.74, 6) is -0.372. The fourth-order valence-corrected chi connectivity index (χ4v) is 2.84. The molecule has 1 saturated heterocycles. The van der Waals surface area contributed by atoms with Crippen molar-refractivity contribution in [3.63, 3.8) is 0 Å². The summed E-state index contributed by atoms with van der Waals surface area (Å²) < 4.78 is 13.6. The van der Waals surface area contributed by atoms with Crippen LogP contribution in [-0.2, 0) is 0 Å². The van der Waals surface area contributed by atoms with Gasteiger partial charge in [-0.2, -0.15) is 0 Å². The van der Waals surface area contributed by atoms with Gasteiger partial charge in [0.2, 0.25) is 0 Å². The summed E-state index contributed by atoms with van der Waals surface area (Å²) in [4.78, 5) is 2.31. The maximum Gasteiger partial charge on any atom is 0.142 e. The Balaban J connectivity index is 0.00000200. The van der Waals surface area contributed by atoms with Crippen molar-refractivity contribution in [2.24, 2.45) is 0 Å². The molecule has 1 aromatic rings. The number of aliphatic hydroxyl groups is 1. The van der Waals surface area contributed by atoms with Crippen LogP contribution in [0.2, 0.25) is 5.02 Å². The summed E-state index contributed by atoms with van der Waals surface area (Å²) in [7, 11) is 0. The summed E-state index contributed by atoms with van der Waals surface area (Å²) in [5, 5.41) is 12.6. The van der Waals surface area contributed by atoms with E-state index in [9.17, 15) is 4.39 Å². The molecule has 0 unspecified atom stereocenters. The summed E-state index contributed by atoms with van der Waals surface area (Å²) in [6, 6.07) is 5.05. The molecular weight excluding hydrogens is 302 g/mol. The second-order valence-corrected chi connectivity index (χ2v) is 5.19. The molecule has 1 aromatic carbocycles. The molecule has 20 heavy (non-hydrogen) atoms. The summed E-state index contributed by atoms with van der Waals surface area (Å²) in [6.07, 6.45) is 1.49. The maximum atomic E-state index is 13.6. The molecule has 0 bridgehead atoms. The normalized spacial score (nSPS) is 17.6. The van der Waals surface area contributed by atoms with Crippen LogP contribution in [0.25, 0.3) is 0 Å². The Labute approximate surface area is 130 Å². The average molecular weight is 323 g/mol. The second-order valence-electron chi connectivity index (χ2n) is 4.81. The van der Waals surface area contributed by atoms with Crippen molar-refractivity contribution in [1.29, 1.82) is 0 Å². The third-order valence-corrected chi connectivity index (χ3v) is 3.97. The number of nitrogens with zero attached hydrogens (tertiary/aromatic N) is 1. The zero-order valence-corrected chi connectivity index (χ0v) is 12.9. The van der Waals surface area contributed by atoms with Crippen molar-refractivity contribution in [2.45, 2.75) is 18.9 Å². The molecule has 114 valence electrons. The van der Waals surface area contributed by atoms with E-state index in [0.29, 0.717) is 6.42 Å². The monoisotopic (exact) mass is 322 g/mol. The molecule has 0 spiro atoms. The van der Waals surface area contributed by atoms with Gasteiger partial charge in [0.1, 0.15) is 5.82 Å². The van der Waals surface area contributed by atoms with Gasteiger partial charge in [0, 0.05) is 38.8 Å². The number of nitrogens with one attached hydrogen (secondary N) is 1. The van der Waals surface area contributed by atoms with Gasteiger partial charge in [0.05, 0.1) is 5.02 Å². The standard InChI is InChI=1S/C14H20ClFN2O.ClH/c15-14-11(3-1-4-12(14)16)13(5-2-10-19)18-8-6-17-7-9-18;/h1,3-4,13,17,19H,2,5-10H2;1H/t13-;/m0./s1. The first-order valence-electron chi connectivity index (χ1n) is 6.73. The van der Waals surface area contributed by atoms with Crippen LogP contribution in [0.3, 0.4) is 0 Å². The van der Waals surface area contributed by atoms with Crippen molar-refractivity contribution < 1.29 is 9.50 Å². The quantitative estimate of drug-likeness (QED) is 0.874. The van der Waals surface area contributed by atoms with Gasteiger partial charge in [-0.25, -0.2) is 4.39 Å². The number of rotatable bonds is 5. The molecule has 6 heteroatoms. The molecule has 1 aliphatic rings. The van der Waals surface area contributed by atoms with Crippen molar-refractivity contribution >= 4 is 24.0 Å². The minimum atomic E-state index is -0.372. The zero-order chi connectivity index (χ0) is 13.7. The van der Waals surface area contributed by atoms with Gasteiger partial charge in [-0.3, -0.25) is 4.90 Å². The molecule has 3 nitrogen and oxygen atoms in total. The molecule has 0 radical (unpaired) electrons. The number of halogens is 3. The van der Waals surface area contributed by atoms with Crippen LogP contribution in [0.4, 0.5) is 4.39 Å². The van der Waals surface area contributed by atoms with E-state index in [2.05, 4.69) is 10.2 Å². The Morgan fingerprint density at radius 1 is 1.35 bits per heavy atom. The number of piperazine rings is 1. The predicted octanol–water partition coefficient (Wildman–Crippen LogP) is 2.62. The zero-order valence-electron chi connectivity index (χ0n) is 11.3. The van der Waals surface area contributed by atoms with Crippen molar-refractivity contribution in [3.8, 4) is 0 Å². The molecule has 1 aliphatic heterocycles. The lowest BCUT2D eigenvalue weighted by Gasteiger charge is -2.35. The molecule has 1 atom stereocenters. The predicted molar refractivity (Wildman–Crippen MR) is 82.2 cm³/mol. The van der Waals surface area contributed by atoms with Crippen LogP contribution in [0.5, 0.6) is 0 Å². The van der Waals surface area contributed by atoms with E-state index in [1.165, 1.54) is 6.07 Å². The van der Waals surface area contributed by atoms with Gasteiger partial charge in [-0.1, -0.05) is 23.7 Å². The van der Waals surface area contributed by atoms with Crippen molar-refractivity contribution in [3.05, 3.63) is 34.6 Å². The highest BCUT2D eigenvalue weighted by Gasteiger charge is 2.24. The third-order valence-electron chi connectivity index (χ3n) is 3.57. The first-order valence-corrected chi connectivity index (χ1v) is 7.11. The van der Waals surface area contributed by atoms with Crippen molar-refractivity contribution in [1.82, 2.24) is 10.2 Å². The lowest BCUT2D eigenvalue weighted by molar-refractivity contribution is 0.154. The lowest BCUT2D eigenvalue weighted by Crippen LogP contribution is -2.45. The summed E-state index contributed by atoms with van der Waals surface area (Å²) in [6.45, 7) is 3.85. The minimum absolute atomic E-state index is 0. The Kier molecular flexibility index (Phi) is 7.77. The number of aliphatic hydroxyl groups excluding tert-OH is 1. The average Bonchev–Trinajstić information content (AvgIpc) is 2.45. The van der Waals surface area contributed by atoms with Gasteiger partial charge < -0.3 is 10.4 Å². The second kappa shape index (κ2) is 8.80. The highest BCUT2D eigenvalue weighted by Crippen LogP contribution is 2.32. The highest BCUT2D eigenvalue weighted by atomic mass is 35.5. The topological polar surface area (TPSA) is 35.5 Å². The molecule has 0 aromatic heterocycles. The molecule has 0 aliphatic carbocycles. The van der Waals surface area contributed by atoms with Crippen LogP contribution in [0, 0.1) is 5.82 Å². The molecular formula is C14H21Cl2FN2O. The van der Waals surface area contributed by atoms with E-state index in [0.717, 1.165) is 38.2 Å². The Morgan fingerprint density at radius 3 is 2.70 bits per heavy atom. The van der Waals surface area contributed by atoms with E-state index in [1.54, 1.807) is 6.07 Å². The third kappa shape index (κ3) is 4.30. The number of benzene rings is 1. The molecule has 1 heterocycles. The smallest absolute Gasteiger partial charge is 0.142 e. The fourth-order valence-electron chi connectivity index (χ4n) is 2.59. The number of hydrogen-bond acceptors (Lipinski definition) is 3. The van der Waals surface area contributed by atoms with Gasteiger partial charge >= 0.3 is 0 Å². The fraction of sp³-hybridized carbons (Fsp3) is 0.571. The van der Waals surface area contributed by atoms with Crippen LogP contribution in [0.15, 0.2) is 18.2 Å². The maximum absolute atomic E-state index is 13.6. The summed E-state index contributed by atoms with van der Waals surface area (Å²) >= 11 is 6.11. The number of hydrogen-bond donors (Lipinski definition) is 2. The minimum Gasteiger partial charge on any atom is -0.396 e. The van der Waals surface area contributed by atoms with E-state index < -0.39 is 0 Å². The van der Waals surface area contributed by atoms with Crippen LogP contribution < -0.4 is 5.32 Å². The van der Waals surface area contributed by atoms with Crippen LogP contribution in [-0.4, -0.2) is 42.8 Å².